The molecule has 0 unspecified atom stereocenters. The molecule has 0 N–H and O–H groups in total. The standard InChI is InChI=1S/C13H8ClF3N6O2/c1-21-5-19-11(23(24)25)12(21)22-6-18-10(20-22)7-2-3-9(14)8(4-7)13(15,16)17/h2-6H,1H3. The maximum atomic E-state index is 13.0. The molecule has 0 saturated heterocycles. The Hall–Kier alpha value is -2.95. The Morgan fingerprint density at radius 1 is 1.24 bits per heavy atom. The number of benzene rings is 1. The van der Waals surface area contributed by atoms with Crippen LogP contribution in [0.25, 0.3) is 17.2 Å². The Kier molecular flexibility index (Phi) is 3.95. The lowest BCUT2D eigenvalue weighted by atomic mass is 10.1. The highest BCUT2D eigenvalue weighted by atomic mass is 35.5. The van der Waals surface area contributed by atoms with Crippen LogP contribution in [-0.2, 0) is 13.2 Å². The molecule has 1 aromatic carbocycles. The predicted molar refractivity (Wildman–Crippen MR) is 80.2 cm³/mol. The number of hydrogen-bond acceptors (Lipinski definition) is 5. The van der Waals surface area contributed by atoms with E-state index in [4.69, 9.17) is 11.6 Å². The molecule has 0 saturated carbocycles. The van der Waals surface area contributed by atoms with Crippen molar-refractivity contribution >= 4 is 17.4 Å². The van der Waals surface area contributed by atoms with Gasteiger partial charge in [-0.15, -0.1) is 5.10 Å². The van der Waals surface area contributed by atoms with Crippen LogP contribution in [0.5, 0.6) is 0 Å². The first kappa shape index (κ1) is 16.9. The third kappa shape index (κ3) is 3.05. The van der Waals surface area contributed by atoms with Gasteiger partial charge in [-0.2, -0.15) is 17.9 Å². The average Bonchev–Trinajstić information content (AvgIpc) is 3.12. The molecule has 0 aliphatic heterocycles. The van der Waals surface area contributed by atoms with Crippen LogP contribution in [0.3, 0.4) is 0 Å². The smallest absolute Gasteiger partial charge is 0.358 e. The van der Waals surface area contributed by atoms with E-state index in [-0.39, 0.29) is 17.2 Å². The summed E-state index contributed by atoms with van der Waals surface area (Å²) in [4.78, 5) is 17.9. The van der Waals surface area contributed by atoms with Crippen LogP contribution in [0.15, 0.2) is 30.9 Å². The Morgan fingerprint density at radius 3 is 2.60 bits per heavy atom. The fourth-order valence-electron chi connectivity index (χ4n) is 2.18. The van der Waals surface area contributed by atoms with Gasteiger partial charge in [-0.1, -0.05) is 11.6 Å². The minimum absolute atomic E-state index is 0.0220. The molecule has 12 heteroatoms. The van der Waals surface area contributed by atoms with Gasteiger partial charge in [0.05, 0.1) is 10.6 Å². The van der Waals surface area contributed by atoms with Crippen LogP contribution in [0.1, 0.15) is 5.56 Å². The van der Waals surface area contributed by atoms with Crippen molar-refractivity contribution in [2.24, 2.45) is 7.05 Å². The van der Waals surface area contributed by atoms with Crippen molar-refractivity contribution in [2.75, 3.05) is 0 Å². The van der Waals surface area contributed by atoms with Gasteiger partial charge in [-0.25, -0.2) is 4.98 Å². The summed E-state index contributed by atoms with van der Waals surface area (Å²) in [6, 6.07) is 3.24. The van der Waals surface area contributed by atoms with Gasteiger partial charge in [0.2, 0.25) is 12.1 Å². The van der Waals surface area contributed by atoms with Crippen molar-refractivity contribution in [3.63, 3.8) is 0 Å². The number of aryl methyl sites for hydroxylation is 1. The van der Waals surface area contributed by atoms with E-state index in [0.29, 0.717) is 0 Å². The molecule has 0 bridgehead atoms. The van der Waals surface area contributed by atoms with Crippen molar-refractivity contribution in [2.45, 2.75) is 6.18 Å². The predicted octanol–water partition coefficient (Wildman–Crippen LogP) is 3.25. The summed E-state index contributed by atoms with van der Waals surface area (Å²) < 4.78 is 41.3. The van der Waals surface area contributed by atoms with Crippen LogP contribution in [-0.4, -0.2) is 29.2 Å². The molecule has 0 aliphatic carbocycles. The lowest BCUT2D eigenvalue weighted by Gasteiger charge is -2.09. The van der Waals surface area contributed by atoms with E-state index in [9.17, 15) is 23.3 Å². The number of nitro groups is 1. The largest absolute Gasteiger partial charge is 0.417 e. The molecule has 2 aromatic heterocycles. The first-order chi connectivity index (χ1) is 11.7. The van der Waals surface area contributed by atoms with E-state index in [1.165, 1.54) is 24.0 Å². The van der Waals surface area contributed by atoms with Crippen LogP contribution >= 0.6 is 11.6 Å². The van der Waals surface area contributed by atoms with Crippen LogP contribution in [0.4, 0.5) is 19.0 Å². The normalized spacial score (nSPS) is 11.7. The second-order valence-electron chi connectivity index (χ2n) is 4.96. The number of rotatable bonds is 3. The molecule has 0 amide bonds. The minimum Gasteiger partial charge on any atom is -0.358 e. The molecule has 25 heavy (non-hydrogen) atoms. The molecule has 8 nitrogen and oxygen atoms in total. The average molecular weight is 373 g/mol. The molecule has 0 radical (unpaired) electrons. The highest BCUT2D eigenvalue weighted by Gasteiger charge is 2.33. The second kappa shape index (κ2) is 5.84. The summed E-state index contributed by atoms with van der Waals surface area (Å²) in [5.41, 5.74) is -0.949. The third-order valence-electron chi connectivity index (χ3n) is 3.30. The Morgan fingerprint density at radius 2 is 1.96 bits per heavy atom. The minimum atomic E-state index is -4.63. The SMILES string of the molecule is Cn1cnc([N+](=O)[O-])c1-n1cnc(-c2ccc(Cl)c(C(F)(F)F)c2)n1. The lowest BCUT2D eigenvalue weighted by molar-refractivity contribution is -0.389. The summed E-state index contributed by atoms with van der Waals surface area (Å²) in [6.45, 7) is 0. The van der Waals surface area contributed by atoms with Crippen LogP contribution in [0.2, 0.25) is 5.02 Å². The summed E-state index contributed by atoms with van der Waals surface area (Å²) in [5, 5.41) is 14.6. The molecular weight excluding hydrogens is 365 g/mol. The van der Waals surface area contributed by atoms with Crippen LogP contribution in [0, 0.1) is 10.1 Å². The molecule has 3 aromatic rings. The number of alkyl halides is 3. The van der Waals surface area contributed by atoms with Gasteiger partial charge in [0.15, 0.2) is 5.82 Å². The maximum absolute atomic E-state index is 13.0. The van der Waals surface area contributed by atoms with Crippen molar-refractivity contribution in [1.29, 1.82) is 0 Å². The first-order valence-electron chi connectivity index (χ1n) is 6.63. The van der Waals surface area contributed by atoms with E-state index in [2.05, 4.69) is 15.1 Å². The first-order valence-corrected chi connectivity index (χ1v) is 7.01. The highest BCUT2D eigenvalue weighted by molar-refractivity contribution is 6.31. The van der Waals surface area contributed by atoms with Crippen molar-refractivity contribution in [3.8, 4) is 17.2 Å². The summed E-state index contributed by atoms with van der Waals surface area (Å²) in [7, 11) is 1.51. The lowest BCUT2D eigenvalue weighted by Crippen LogP contribution is -2.06. The van der Waals surface area contributed by atoms with Gasteiger partial charge >= 0.3 is 12.0 Å². The van der Waals surface area contributed by atoms with Gasteiger partial charge < -0.3 is 10.1 Å². The highest BCUT2D eigenvalue weighted by Crippen LogP contribution is 2.36. The summed E-state index contributed by atoms with van der Waals surface area (Å²) >= 11 is 5.58. The Labute approximate surface area is 142 Å². The summed E-state index contributed by atoms with van der Waals surface area (Å²) in [6.07, 6.45) is -2.25. The molecule has 130 valence electrons. The summed E-state index contributed by atoms with van der Waals surface area (Å²) in [5.74, 6) is -0.475. The monoisotopic (exact) mass is 372 g/mol. The Balaban J connectivity index is 2.06. The topological polar surface area (TPSA) is 91.7 Å². The fraction of sp³-hybridized carbons (Fsp3) is 0.154. The number of aromatic nitrogens is 5. The van der Waals surface area contributed by atoms with E-state index >= 15 is 0 Å². The van der Waals surface area contributed by atoms with Crippen molar-refractivity contribution in [3.05, 3.63) is 51.6 Å². The second-order valence-corrected chi connectivity index (χ2v) is 5.37. The molecule has 3 rings (SSSR count). The Bertz CT molecular complexity index is 965. The zero-order valence-corrected chi connectivity index (χ0v) is 13.2. The van der Waals surface area contributed by atoms with E-state index in [0.717, 1.165) is 23.1 Å². The van der Waals surface area contributed by atoms with E-state index in [1.807, 2.05) is 0 Å². The van der Waals surface area contributed by atoms with Crippen LogP contribution < -0.4 is 0 Å². The number of imidazole rings is 1. The molecule has 0 atom stereocenters. The number of hydrogen-bond donors (Lipinski definition) is 0. The van der Waals surface area contributed by atoms with Gasteiger partial charge in [-0.05, 0) is 28.1 Å². The van der Waals surface area contributed by atoms with Gasteiger partial charge in [0, 0.05) is 12.6 Å². The molecular formula is C13H8ClF3N6O2. The number of halogens is 4. The van der Waals surface area contributed by atoms with Gasteiger partial charge in [0.25, 0.3) is 0 Å². The molecule has 0 spiro atoms. The van der Waals surface area contributed by atoms with E-state index in [1.54, 1.807) is 0 Å². The molecule has 2 heterocycles. The zero-order valence-electron chi connectivity index (χ0n) is 12.4. The molecule has 0 fully saturated rings. The number of nitrogens with zero attached hydrogens (tertiary/aromatic N) is 6. The van der Waals surface area contributed by atoms with E-state index < -0.39 is 27.5 Å². The van der Waals surface area contributed by atoms with Crippen molar-refractivity contribution in [1.82, 2.24) is 24.3 Å². The third-order valence-corrected chi connectivity index (χ3v) is 3.63. The van der Waals surface area contributed by atoms with Gasteiger partial charge in [-0.3, -0.25) is 4.57 Å². The zero-order chi connectivity index (χ0) is 18.4. The maximum Gasteiger partial charge on any atom is 0.417 e. The fourth-order valence-corrected chi connectivity index (χ4v) is 2.41. The van der Waals surface area contributed by atoms with Crippen molar-refractivity contribution < 1.29 is 18.1 Å². The molecule has 0 aliphatic rings. The quantitative estimate of drug-likeness (QED) is 0.520. The van der Waals surface area contributed by atoms with Gasteiger partial charge in [0.1, 0.15) is 6.33 Å².